The number of ether oxygens (including phenoxy) is 3. The summed E-state index contributed by atoms with van der Waals surface area (Å²) in [7, 11) is 0. The van der Waals surface area contributed by atoms with E-state index in [9.17, 15) is 10.1 Å². The third-order valence-electron chi connectivity index (χ3n) is 5.62. The number of rotatable bonds is 13. The second-order valence-electron chi connectivity index (χ2n) is 8.15. The van der Waals surface area contributed by atoms with Crippen molar-refractivity contribution in [1.29, 1.82) is 5.26 Å². The van der Waals surface area contributed by atoms with Crippen molar-refractivity contribution >= 4 is 12.0 Å². The summed E-state index contributed by atoms with van der Waals surface area (Å²) < 4.78 is 22.6. The van der Waals surface area contributed by atoms with Crippen LogP contribution in [0.5, 0.6) is 17.2 Å². The van der Waals surface area contributed by atoms with Crippen molar-refractivity contribution in [2.45, 2.75) is 39.7 Å². The van der Waals surface area contributed by atoms with Gasteiger partial charge in [-0.1, -0.05) is 32.0 Å². The highest BCUT2D eigenvalue weighted by molar-refractivity contribution is 6.01. The first kappa shape index (κ1) is 26.4. The van der Waals surface area contributed by atoms with E-state index in [0.29, 0.717) is 48.6 Å². The molecule has 0 bridgehead atoms. The molecule has 36 heavy (non-hydrogen) atoms. The zero-order valence-corrected chi connectivity index (χ0v) is 21.0. The fourth-order valence-corrected chi connectivity index (χ4v) is 3.43. The molecular formula is C29H32N2O5. The van der Waals surface area contributed by atoms with E-state index in [1.54, 1.807) is 30.3 Å². The normalized spacial score (nSPS) is 11.9. The van der Waals surface area contributed by atoms with E-state index in [1.165, 1.54) is 17.9 Å². The largest absolute Gasteiger partial charge is 0.490 e. The molecule has 1 atom stereocenters. The minimum Gasteiger partial charge on any atom is -0.490 e. The van der Waals surface area contributed by atoms with Crippen LogP contribution in [0.3, 0.4) is 0 Å². The number of furan rings is 1. The topological polar surface area (TPSA) is 93.7 Å². The van der Waals surface area contributed by atoms with Crippen LogP contribution in [-0.4, -0.2) is 25.7 Å². The number of hydrogen-bond acceptors (Lipinski definition) is 6. The minimum absolute atomic E-state index is 0.0228. The lowest BCUT2D eigenvalue weighted by Crippen LogP contribution is -2.23. The van der Waals surface area contributed by atoms with Crippen molar-refractivity contribution in [2.24, 2.45) is 0 Å². The average Bonchev–Trinajstić information content (AvgIpc) is 3.43. The first-order valence-electron chi connectivity index (χ1n) is 12.1. The Morgan fingerprint density at radius 2 is 1.83 bits per heavy atom. The lowest BCUT2D eigenvalue weighted by Gasteiger charge is -2.14. The lowest BCUT2D eigenvalue weighted by atomic mass is 9.99. The van der Waals surface area contributed by atoms with E-state index in [2.05, 4.69) is 31.3 Å². The number of amides is 1. The van der Waals surface area contributed by atoms with Crippen molar-refractivity contribution < 1.29 is 23.4 Å². The molecular weight excluding hydrogens is 456 g/mol. The van der Waals surface area contributed by atoms with E-state index < -0.39 is 5.91 Å². The summed E-state index contributed by atoms with van der Waals surface area (Å²) in [5.74, 6) is 2.53. The summed E-state index contributed by atoms with van der Waals surface area (Å²) in [4.78, 5) is 12.4. The Morgan fingerprint density at radius 1 is 1.06 bits per heavy atom. The maximum Gasteiger partial charge on any atom is 0.262 e. The van der Waals surface area contributed by atoms with Gasteiger partial charge in [-0.15, -0.1) is 0 Å². The van der Waals surface area contributed by atoms with Crippen LogP contribution in [0.15, 0.2) is 70.9 Å². The second-order valence-corrected chi connectivity index (χ2v) is 8.15. The summed E-state index contributed by atoms with van der Waals surface area (Å²) in [5, 5.41) is 12.1. The molecule has 0 aliphatic heterocycles. The molecule has 1 N–H and O–H groups in total. The van der Waals surface area contributed by atoms with Crippen LogP contribution in [0, 0.1) is 11.3 Å². The Bertz CT molecular complexity index is 1180. The molecule has 7 nitrogen and oxygen atoms in total. The molecule has 0 unspecified atom stereocenters. The summed E-state index contributed by atoms with van der Waals surface area (Å²) in [5.41, 5.74) is 1.92. The molecule has 3 rings (SSSR count). The molecule has 0 spiro atoms. The Labute approximate surface area is 212 Å². The molecule has 3 aromatic rings. The van der Waals surface area contributed by atoms with Crippen LogP contribution in [0.1, 0.15) is 50.0 Å². The fourth-order valence-electron chi connectivity index (χ4n) is 3.43. The summed E-state index contributed by atoms with van der Waals surface area (Å²) in [6.45, 7) is 7.62. The van der Waals surface area contributed by atoms with Gasteiger partial charge in [-0.25, -0.2) is 0 Å². The monoisotopic (exact) mass is 488 g/mol. The molecule has 0 saturated carbocycles. The van der Waals surface area contributed by atoms with Gasteiger partial charge in [-0.2, -0.15) is 5.26 Å². The van der Waals surface area contributed by atoms with E-state index in [4.69, 9.17) is 18.6 Å². The van der Waals surface area contributed by atoms with Crippen LogP contribution >= 0.6 is 0 Å². The molecule has 0 radical (unpaired) electrons. The van der Waals surface area contributed by atoms with Crippen molar-refractivity contribution in [2.75, 3.05) is 19.8 Å². The standard InChI is InChI=1S/C29H32N2O5/c1-4-21(3)23-9-11-25(12-10-23)35-15-16-36-27-13-8-22(18-28(27)33-5-2)17-24(19-30)29(32)31-20-26-7-6-14-34-26/h6-14,17-18,21H,4-5,15-16,20H2,1-3H3,(H,31,32)/b24-17+/t21-/m0/s1. The Morgan fingerprint density at radius 3 is 2.50 bits per heavy atom. The van der Waals surface area contributed by atoms with Crippen LogP contribution < -0.4 is 19.5 Å². The van der Waals surface area contributed by atoms with E-state index in [0.717, 1.165) is 12.2 Å². The van der Waals surface area contributed by atoms with Gasteiger partial charge >= 0.3 is 0 Å². The summed E-state index contributed by atoms with van der Waals surface area (Å²) in [6, 6.07) is 18.8. The molecule has 0 aliphatic carbocycles. The van der Waals surface area contributed by atoms with Crippen LogP contribution in [0.25, 0.3) is 6.08 Å². The zero-order valence-electron chi connectivity index (χ0n) is 21.0. The maximum absolute atomic E-state index is 12.4. The highest BCUT2D eigenvalue weighted by atomic mass is 16.5. The van der Waals surface area contributed by atoms with Crippen molar-refractivity contribution in [3.63, 3.8) is 0 Å². The van der Waals surface area contributed by atoms with E-state index in [-0.39, 0.29) is 12.1 Å². The minimum atomic E-state index is -0.485. The molecule has 0 saturated heterocycles. The number of carbonyl (C=O) groups is 1. The molecule has 1 aromatic heterocycles. The number of nitrogens with zero attached hydrogens (tertiary/aromatic N) is 1. The first-order chi connectivity index (χ1) is 17.5. The molecule has 2 aromatic carbocycles. The Kier molecular flexibility index (Phi) is 10.0. The number of carbonyl (C=O) groups excluding carboxylic acids is 1. The van der Waals surface area contributed by atoms with E-state index in [1.807, 2.05) is 25.1 Å². The third kappa shape index (κ3) is 7.67. The van der Waals surface area contributed by atoms with Gasteiger partial charge in [0.15, 0.2) is 11.5 Å². The Balaban J connectivity index is 1.58. The second kappa shape index (κ2) is 13.6. The van der Waals surface area contributed by atoms with Gasteiger partial charge in [-0.3, -0.25) is 4.79 Å². The van der Waals surface area contributed by atoms with Crippen molar-refractivity contribution in [1.82, 2.24) is 5.32 Å². The van der Waals surface area contributed by atoms with Crippen molar-refractivity contribution in [3.8, 4) is 23.3 Å². The van der Waals surface area contributed by atoms with Crippen molar-refractivity contribution in [3.05, 3.63) is 83.3 Å². The smallest absolute Gasteiger partial charge is 0.262 e. The Hall–Kier alpha value is -4.18. The van der Waals surface area contributed by atoms with Gasteiger partial charge in [0.2, 0.25) is 0 Å². The average molecular weight is 489 g/mol. The van der Waals surface area contributed by atoms with Crippen LogP contribution in [-0.2, 0) is 11.3 Å². The highest BCUT2D eigenvalue weighted by Crippen LogP contribution is 2.29. The highest BCUT2D eigenvalue weighted by Gasteiger charge is 2.12. The molecule has 0 aliphatic rings. The van der Waals surface area contributed by atoms with Crippen LogP contribution in [0.2, 0.25) is 0 Å². The first-order valence-corrected chi connectivity index (χ1v) is 12.1. The maximum atomic E-state index is 12.4. The SMILES string of the molecule is CCOc1cc(/C=C(\C#N)C(=O)NCc2ccco2)ccc1OCCOc1ccc([C@@H](C)CC)cc1. The third-order valence-corrected chi connectivity index (χ3v) is 5.62. The number of hydrogen-bond donors (Lipinski definition) is 1. The summed E-state index contributed by atoms with van der Waals surface area (Å²) >= 11 is 0. The summed E-state index contributed by atoms with van der Waals surface area (Å²) in [6.07, 6.45) is 4.14. The predicted molar refractivity (Wildman–Crippen MR) is 138 cm³/mol. The fraction of sp³-hybridized carbons (Fsp3) is 0.310. The van der Waals surface area contributed by atoms with Gasteiger partial charge in [-0.05, 0) is 72.9 Å². The molecule has 1 heterocycles. The van der Waals surface area contributed by atoms with Gasteiger partial charge in [0, 0.05) is 0 Å². The number of nitriles is 1. The molecule has 1 amide bonds. The lowest BCUT2D eigenvalue weighted by molar-refractivity contribution is -0.117. The van der Waals surface area contributed by atoms with Crippen LogP contribution in [0.4, 0.5) is 0 Å². The van der Waals surface area contributed by atoms with Gasteiger partial charge in [0.25, 0.3) is 5.91 Å². The zero-order chi connectivity index (χ0) is 25.8. The number of nitrogens with one attached hydrogen (secondary N) is 1. The van der Waals surface area contributed by atoms with Gasteiger partial charge < -0.3 is 23.9 Å². The molecule has 188 valence electrons. The molecule has 7 heteroatoms. The quantitative estimate of drug-likeness (QED) is 0.184. The number of benzene rings is 2. The van der Waals surface area contributed by atoms with Gasteiger partial charge in [0.05, 0.1) is 19.4 Å². The molecule has 0 fully saturated rings. The van der Waals surface area contributed by atoms with E-state index >= 15 is 0 Å². The van der Waals surface area contributed by atoms with Gasteiger partial charge in [0.1, 0.15) is 36.4 Å². The predicted octanol–water partition coefficient (Wildman–Crippen LogP) is 5.87.